The summed E-state index contributed by atoms with van der Waals surface area (Å²) in [5, 5.41) is 15.0. The summed E-state index contributed by atoms with van der Waals surface area (Å²) in [4.78, 5) is 0. The fourth-order valence-electron chi connectivity index (χ4n) is 5.14. The first-order valence-electron chi connectivity index (χ1n) is 12.0. The van der Waals surface area contributed by atoms with Gasteiger partial charge in [0.15, 0.2) is 0 Å². The Morgan fingerprint density at radius 1 is 0.875 bits per heavy atom. The van der Waals surface area contributed by atoms with E-state index in [0.29, 0.717) is 11.6 Å². The maximum atomic E-state index is 3.87. The van der Waals surface area contributed by atoms with E-state index in [4.69, 9.17) is 0 Å². The van der Waals surface area contributed by atoms with Crippen LogP contribution < -0.4 is 21.3 Å². The molecule has 6 heteroatoms. The number of nitrogens with one attached hydrogen (secondary N) is 4. The quantitative estimate of drug-likeness (QED) is 0.482. The fourth-order valence-corrected chi connectivity index (χ4v) is 8.58. The average molecular weight is 471 g/mol. The van der Waals surface area contributed by atoms with E-state index in [1.165, 1.54) is 22.3 Å². The van der Waals surface area contributed by atoms with Gasteiger partial charge in [0, 0.05) is 50.8 Å². The predicted molar refractivity (Wildman–Crippen MR) is 144 cm³/mol. The highest BCUT2D eigenvalue weighted by molar-refractivity contribution is 7.58. The molecule has 2 aromatic carbocycles. The summed E-state index contributed by atoms with van der Waals surface area (Å²) in [6.45, 7) is 13.6. The first-order chi connectivity index (χ1) is 15.5. The molecule has 0 aromatic heterocycles. The Hall–Kier alpha value is -0.860. The summed E-state index contributed by atoms with van der Waals surface area (Å²) in [5.74, 6) is 1.09. The van der Waals surface area contributed by atoms with E-state index in [2.05, 4.69) is 93.7 Å². The molecule has 4 N–H and O–H groups in total. The SMILES string of the molecule is CC(C)(C)c1c(-c2ccccc2)ccc(CP)c1CP(C1CNCCN1)C1CNCCN1. The second kappa shape index (κ2) is 11.0. The van der Waals surface area contributed by atoms with Gasteiger partial charge < -0.3 is 21.3 Å². The van der Waals surface area contributed by atoms with Crippen LogP contribution in [-0.4, -0.2) is 50.8 Å². The molecule has 0 radical (unpaired) electrons. The van der Waals surface area contributed by atoms with Gasteiger partial charge in [0.2, 0.25) is 0 Å². The Bertz CT molecular complexity index is 851. The van der Waals surface area contributed by atoms with Crippen molar-refractivity contribution in [1.82, 2.24) is 21.3 Å². The van der Waals surface area contributed by atoms with Crippen LogP contribution in [0.2, 0.25) is 0 Å². The van der Waals surface area contributed by atoms with Crippen LogP contribution >= 0.6 is 17.2 Å². The molecule has 4 nitrogen and oxygen atoms in total. The molecule has 2 heterocycles. The van der Waals surface area contributed by atoms with Gasteiger partial charge in [-0.3, -0.25) is 0 Å². The maximum Gasteiger partial charge on any atom is 0.0413 e. The summed E-state index contributed by atoms with van der Waals surface area (Å²) >= 11 is 0. The monoisotopic (exact) mass is 470 g/mol. The summed E-state index contributed by atoms with van der Waals surface area (Å²) in [6.07, 6.45) is 2.16. The largest absolute Gasteiger partial charge is 0.314 e. The van der Waals surface area contributed by atoms with Crippen molar-refractivity contribution >= 4 is 17.2 Å². The van der Waals surface area contributed by atoms with Crippen LogP contribution in [-0.2, 0) is 17.7 Å². The lowest BCUT2D eigenvalue weighted by Crippen LogP contribution is -2.53. The molecule has 2 aliphatic heterocycles. The standard InChI is InChI=1S/C26H40N4P2/c1-26(2,3)25-21(19-7-5-4-6-8-19)10-9-20(17-31)22(25)18-32(23-15-27-11-13-29-23)24-16-28-12-14-30-24/h4-10,23-24,27-30H,11-18,31H2,1-3H3. The summed E-state index contributed by atoms with van der Waals surface area (Å²) in [5.41, 5.74) is 7.40. The van der Waals surface area contributed by atoms with E-state index in [0.717, 1.165) is 51.6 Å². The summed E-state index contributed by atoms with van der Waals surface area (Å²) in [7, 11) is 2.69. The minimum atomic E-state index is -0.296. The predicted octanol–water partition coefficient (Wildman–Crippen LogP) is 4.05. The van der Waals surface area contributed by atoms with Crippen molar-refractivity contribution in [2.24, 2.45) is 0 Å². The number of hydrogen-bond donors (Lipinski definition) is 4. The van der Waals surface area contributed by atoms with Crippen LogP contribution in [0.5, 0.6) is 0 Å². The maximum absolute atomic E-state index is 3.87. The van der Waals surface area contributed by atoms with Gasteiger partial charge >= 0.3 is 0 Å². The second-order valence-electron chi connectivity index (χ2n) is 9.97. The zero-order chi connectivity index (χ0) is 22.6. The second-order valence-corrected chi connectivity index (χ2v) is 13.0. The molecule has 3 unspecified atom stereocenters. The Kier molecular flexibility index (Phi) is 8.38. The van der Waals surface area contributed by atoms with E-state index in [1.54, 1.807) is 5.56 Å². The van der Waals surface area contributed by atoms with Crippen molar-refractivity contribution in [3.8, 4) is 11.1 Å². The molecule has 0 bridgehead atoms. The summed E-state index contributed by atoms with van der Waals surface area (Å²) in [6, 6.07) is 15.7. The van der Waals surface area contributed by atoms with Gasteiger partial charge in [-0.2, -0.15) is 0 Å². The van der Waals surface area contributed by atoms with Crippen LogP contribution in [0.15, 0.2) is 42.5 Å². The summed E-state index contributed by atoms with van der Waals surface area (Å²) < 4.78 is 0. The highest BCUT2D eigenvalue weighted by Crippen LogP contribution is 2.51. The zero-order valence-electron chi connectivity index (χ0n) is 19.9. The molecule has 0 aliphatic carbocycles. The Morgan fingerprint density at radius 2 is 1.50 bits per heavy atom. The third-order valence-electron chi connectivity index (χ3n) is 6.64. The van der Waals surface area contributed by atoms with Crippen molar-refractivity contribution in [3.63, 3.8) is 0 Å². The molecule has 0 saturated carbocycles. The molecular weight excluding hydrogens is 430 g/mol. The van der Waals surface area contributed by atoms with Gasteiger partial charge in [-0.05, 0) is 45.6 Å². The Balaban J connectivity index is 1.80. The molecule has 2 aromatic rings. The molecule has 2 fully saturated rings. The molecule has 2 saturated heterocycles. The van der Waals surface area contributed by atoms with Gasteiger partial charge in [0.25, 0.3) is 0 Å². The molecular formula is C26H40N4P2. The van der Waals surface area contributed by atoms with E-state index in [9.17, 15) is 0 Å². The molecule has 4 rings (SSSR count). The lowest BCUT2D eigenvalue weighted by atomic mass is 9.78. The van der Waals surface area contributed by atoms with Gasteiger partial charge in [-0.1, -0.05) is 71.2 Å². The van der Waals surface area contributed by atoms with Gasteiger partial charge in [-0.15, -0.1) is 9.24 Å². The molecule has 2 aliphatic rings. The number of hydrogen-bond acceptors (Lipinski definition) is 4. The number of rotatable bonds is 6. The Labute approximate surface area is 198 Å². The molecule has 3 atom stereocenters. The van der Waals surface area contributed by atoms with Crippen LogP contribution in [0.3, 0.4) is 0 Å². The number of piperazine rings is 2. The van der Waals surface area contributed by atoms with Crippen LogP contribution in [0.4, 0.5) is 0 Å². The average Bonchev–Trinajstić information content (AvgIpc) is 2.83. The molecule has 32 heavy (non-hydrogen) atoms. The minimum absolute atomic E-state index is 0.0772. The van der Waals surface area contributed by atoms with Crippen molar-refractivity contribution in [3.05, 3.63) is 59.2 Å². The molecule has 174 valence electrons. The zero-order valence-corrected chi connectivity index (χ0v) is 21.9. The lowest BCUT2D eigenvalue weighted by molar-refractivity contribution is 0.472. The fraction of sp³-hybridized carbons (Fsp3) is 0.538. The third kappa shape index (κ3) is 5.61. The topological polar surface area (TPSA) is 48.1 Å². The van der Waals surface area contributed by atoms with E-state index < -0.39 is 0 Å². The van der Waals surface area contributed by atoms with Gasteiger partial charge in [0.05, 0.1) is 0 Å². The van der Waals surface area contributed by atoms with Crippen molar-refractivity contribution in [1.29, 1.82) is 0 Å². The third-order valence-corrected chi connectivity index (χ3v) is 10.1. The first-order valence-corrected chi connectivity index (χ1v) is 14.5. The van der Waals surface area contributed by atoms with Crippen LogP contribution in [0, 0.1) is 0 Å². The van der Waals surface area contributed by atoms with Crippen molar-refractivity contribution in [2.75, 3.05) is 39.3 Å². The molecule has 0 amide bonds. The van der Waals surface area contributed by atoms with Gasteiger partial charge in [-0.25, -0.2) is 0 Å². The van der Waals surface area contributed by atoms with Crippen LogP contribution in [0.1, 0.15) is 37.5 Å². The highest BCUT2D eigenvalue weighted by Gasteiger charge is 2.34. The smallest absolute Gasteiger partial charge is 0.0413 e. The lowest BCUT2D eigenvalue weighted by Gasteiger charge is -2.41. The first kappa shape index (κ1) is 24.3. The van der Waals surface area contributed by atoms with E-state index in [1.807, 2.05) is 0 Å². The van der Waals surface area contributed by atoms with Crippen molar-refractivity contribution < 1.29 is 0 Å². The normalized spacial score (nSPS) is 23.1. The number of benzene rings is 2. The molecule has 0 spiro atoms. The Morgan fingerprint density at radius 3 is 2.00 bits per heavy atom. The van der Waals surface area contributed by atoms with Crippen LogP contribution in [0.25, 0.3) is 11.1 Å². The van der Waals surface area contributed by atoms with E-state index >= 15 is 0 Å². The van der Waals surface area contributed by atoms with Crippen molar-refractivity contribution in [2.45, 2.75) is 50.1 Å². The van der Waals surface area contributed by atoms with Gasteiger partial charge in [0.1, 0.15) is 0 Å². The highest BCUT2D eigenvalue weighted by atomic mass is 31.1. The minimum Gasteiger partial charge on any atom is -0.314 e. The van der Waals surface area contributed by atoms with E-state index in [-0.39, 0.29) is 13.3 Å².